The van der Waals surface area contributed by atoms with E-state index in [2.05, 4.69) is 0 Å². The standard InChI is InChI=1S/2C14H10O5.C14H8O5.C12H11NO3.C10H6O4/c3*1-6(15)10-5-8-12(17)11-7(3-2-4-9(11)16)13(18)14(8)19-10;1-13(2)8-6-10(15)11-7(12(8)16)4-3-5-9(11)14;11-6-3-1-2-5-9(6)7(12)4-8(13)10(5)14/h2*2-6,15-16H,1H3;2-5,16H,1H3;3-6,14H,1-2H3;1-4,11-12H/t6-;;;;/m0..../s1. The summed E-state index contributed by atoms with van der Waals surface area (Å²) in [5, 5.41) is 76.4. The van der Waals surface area contributed by atoms with Crippen molar-refractivity contribution in [1.82, 2.24) is 4.90 Å². The molecule has 0 bridgehead atoms. The third-order valence-electron chi connectivity index (χ3n) is 13.9. The number of aliphatic hydroxyl groups excluding tert-OH is 3. The van der Waals surface area contributed by atoms with Gasteiger partial charge in [0.15, 0.2) is 34.6 Å². The van der Waals surface area contributed by atoms with Crippen LogP contribution in [0.4, 0.5) is 0 Å². The van der Waals surface area contributed by atoms with Crippen LogP contribution in [0.3, 0.4) is 0 Å². The predicted molar refractivity (Wildman–Crippen MR) is 299 cm³/mol. The Kier molecular flexibility index (Phi) is 16.0. The molecule has 0 radical (unpaired) electrons. The Labute approximate surface area is 489 Å². The van der Waals surface area contributed by atoms with Gasteiger partial charge in [0.25, 0.3) is 0 Å². The van der Waals surface area contributed by atoms with Gasteiger partial charge < -0.3 is 59.0 Å². The number of carbonyl (C=O) groups excluding carboxylic acids is 11. The normalized spacial score (nSPS) is 14.5. The summed E-state index contributed by atoms with van der Waals surface area (Å²) in [6.45, 7) is 4.23. The lowest BCUT2D eigenvalue weighted by Gasteiger charge is -2.21. The van der Waals surface area contributed by atoms with Crippen molar-refractivity contribution >= 4 is 69.4 Å². The molecule has 23 nitrogen and oxygen atoms in total. The Morgan fingerprint density at radius 2 is 0.724 bits per heavy atom. The quantitative estimate of drug-likeness (QED) is 0.0613. The molecule has 23 heteroatoms. The number of likely N-dealkylation sites (N-methyl/N-ethyl adjacent to an activating group) is 1. The van der Waals surface area contributed by atoms with Crippen molar-refractivity contribution in [1.29, 1.82) is 0 Å². The average Bonchev–Trinajstić information content (AvgIpc) is 1.78. The van der Waals surface area contributed by atoms with E-state index in [1.165, 1.54) is 124 Å². The Balaban J connectivity index is 0.000000130. The summed E-state index contributed by atoms with van der Waals surface area (Å²) in [5.41, 5.74) is 1.17. The highest BCUT2D eigenvalue weighted by Gasteiger charge is 2.39. The Morgan fingerprint density at radius 3 is 1.09 bits per heavy atom. The van der Waals surface area contributed by atoms with Crippen LogP contribution in [0.1, 0.15) is 188 Å². The molecule has 13 rings (SSSR count). The van der Waals surface area contributed by atoms with E-state index in [1.807, 2.05) is 0 Å². The summed E-state index contributed by atoms with van der Waals surface area (Å²) in [4.78, 5) is 132. The van der Waals surface area contributed by atoms with Gasteiger partial charge in [-0.15, -0.1) is 0 Å². The minimum Gasteiger partial charge on any atom is -0.507 e. The molecule has 3 aromatic heterocycles. The number of Topliss-reactive ketones (excluding diaryl/α,β-unsaturated/α-hetero) is 3. The molecule has 0 spiro atoms. The van der Waals surface area contributed by atoms with E-state index in [4.69, 9.17) is 13.3 Å². The SMILES string of the molecule is CC(=O)c1cc2c(o1)C(=O)c1cccc(O)c1C2=O.CC(O)c1cc2c(o1)C(=O)c1cccc(O)c1C2=O.CN(C)C1=CC(=O)c2c(O)cccc2C1=O.C[C@H](O)c1cc2c(o1)C(=O)c1cccc(O)c1C2=O.O=C1C=C(O)c2c(O)cccc2C1=O. The number of carbonyl (C=O) groups is 11. The van der Waals surface area contributed by atoms with Crippen LogP contribution in [0.5, 0.6) is 28.7 Å². The van der Waals surface area contributed by atoms with Gasteiger partial charge in [0.2, 0.25) is 52.0 Å². The molecule has 438 valence electrons. The lowest BCUT2D eigenvalue weighted by molar-refractivity contribution is -0.111. The minimum absolute atomic E-state index is 0.0158. The number of furan rings is 3. The number of ketones is 11. The Morgan fingerprint density at radius 1 is 0.391 bits per heavy atom. The largest absolute Gasteiger partial charge is 0.507 e. The molecule has 0 saturated carbocycles. The molecule has 0 fully saturated rings. The van der Waals surface area contributed by atoms with E-state index >= 15 is 0 Å². The fourth-order valence-corrected chi connectivity index (χ4v) is 9.60. The smallest absolute Gasteiger partial charge is 0.233 e. The van der Waals surface area contributed by atoms with Crippen molar-refractivity contribution in [2.24, 2.45) is 0 Å². The molecule has 5 aromatic carbocycles. The van der Waals surface area contributed by atoms with E-state index in [1.54, 1.807) is 31.1 Å². The first-order chi connectivity index (χ1) is 41.1. The van der Waals surface area contributed by atoms with Gasteiger partial charge in [0.1, 0.15) is 58.2 Å². The number of nitrogens with zero attached hydrogens (tertiary/aromatic N) is 1. The maximum Gasteiger partial charge on any atom is 0.233 e. The summed E-state index contributed by atoms with van der Waals surface area (Å²) in [5.74, 6) is -6.85. The maximum atomic E-state index is 12.3. The zero-order valence-electron chi connectivity index (χ0n) is 45.9. The number of hydrogen-bond acceptors (Lipinski definition) is 23. The number of aliphatic hydroxyl groups is 3. The topological polar surface area (TPSA) is 392 Å². The van der Waals surface area contributed by atoms with E-state index in [-0.39, 0.29) is 159 Å². The van der Waals surface area contributed by atoms with Crippen LogP contribution < -0.4 is 0 Å². The van der Waals surface area contributed by atoms with E-state index < -0.39 is 58.5 Å². The molecule has 5 aliphatic carbocycles. The number of fused-ring (bicyclic) bond motifs is 8. The van der Waals surface area contributed by atoms with Gasteiger partial charge >= 0.3 is 0 Å². The van der Waals surface area contributed by atoms with E-state index in [0.717, 1.165) is 6.08 Å². The van der Waals surface area contributed by atoms with Crippen LogP contribution in [0, 0.1) is 0 Å². The maximum absolute atomic E-state index is 12.3. The van der Waals surface area contributed by atoms with Gasteiger partial charge in [0.05, 0.1) is 50.2 Å². The van der Waals surface area contributed by atoms with Crippen molar-refractivity contribution in [3.8, 4) is 28.7 Å². The summed E-state index contributed by atoms with van der Waals surface area (Å²) < 4.78 is 15.6. The summed E-state index contributed by atoms with van der Waals surface area (Å²) in [7, 11) is 3.40. The fourth-order valence-electron chi connectivity index (χ4n) is 9.60. The second kappa shape index (κ2) is 23.2. The van der Waals surface area contributed by atoms with Crippen LogP contribution >= 0.6 is 0 Å². The third kappa shape index (κ3) is 10.7. The molecule has 8 N–H and O–H groups in total. The first kappa shape index (κ1) is 59.9. The molecule has 5 aliphatic rings. The van der Waals surface area contributed by atoms with Gasteiger partial charge in [0, 0.05) is 61.0 Å². The van der Waals surface area contributed by atoms with Crippen molar-refractivity contribution < 1.29 is 107 Å². The molecule has 87 heavy (non-hydrogen) atoms. The first-order valence-electron chi connectivity index (χ1n) is 25.8. The molecular weight excluding hydrogens is 1130 g/mol. The van der Waals surface area contributed by atoms with Crippen molar-refractivity contribution in [3.05, 3.63) is 234 Å². The number of phenolic OH excluding ortho intramolecular Hbond substituents is 5. The van der Waals surface area contributed by atoms with Crippen molar-refractivity contribution in [3.63, 3.8) is 0 Å². The summed E-state index contributed by atoms with van der Waals surface area (Å²) in [6, 6.07) is 25.4. The predicted octanol–water partition coefficient (Wildman–Crippen LogP) is 7.86. The van der Waals surface area contributed by atoms with Crippen LogP contribution in [0.25, 0.3) is 5.76 Å². The van der Waals surface area contributed by atoms with Crippen LogP contribution in [0.2, 0.25) is 0 Å². The van der Waals surface area contributed by atoms with Gasteiger partial charge in [-0.05, 0) is 92.7 Å². The number of benzene rings is 5. The zero-order valence-corrected chi connectivity index (χ0v) is 45.9. The number of hydrogen-bond donors (Lipinski definition) is 8. The minimum atomic E-state index is -0.914. The second-order valence-corrected chi connectivity index (χ2v) is 19.9. The molecular formula is C64H45NO22. The highest BCUT2D eigenvalue weighted by atomic mass is 16.4. The number of aromatic hydroxyl groups is 5. The average molecular weight is 1180 g/mol. The summed E-state index contributed by atoms with van der Waals surface area (Å²) >= 11 is 0. The van der Waals surface area contributed by atoms with Gasteiger partial charge in [-0.25, -0.2) is 0 Å². The van der Waals surface area contributed by atoms with Crippen LogP contribution in [0.15, 0.2) is 140 Å². The van der Waals surface area contributed by atoms with Gasteiger partial charge in [-0.3, -0.25) is 52.7 Å². The highest BCUT2D eigenvalue weighted by Crippen LogP contribution is 2.39. The highest BCUT2D eigenvalue weighted by molar-refractivity contribution is 6.50. The molecule has 3 heterocycles. The molecule has 0 saturated heterocycles. The van der Waals surface area contributed by atoms with Crippen molar-refractivity contribution in [2.75, 3.05) is 14.1 Å². The number of allylic oxidation sites excluding steroid dienone is 3. The molecule has 8 aromatic rings. The Hall–Kier alpha value is -11.7. The van der Waals surface area contributed by atoms with Crippen LogP contribution in [-0.4, -0.2) is 123 Å². The summed E-state index contributed by atoms with van der Waals surface area (Å²) in [6.07, 6.45) is 0.236. The molecule has 0 amide bonds. The molecule has 2 atom stereocenters. The first-order valence-corrected chi connectivity index (χ1v) is 25.8. The number of phenols is 5. The Bertz CT molecular complexity index is 4330. The van der Waals surface area contributed by atoms with Crippen molar-refractivity contribution in [2.45, 2.75) is 33.0 Å². The second-order valence-electron chi connectivity index (χ2n) is 19.9. The number of rotatable bonds is 4. The van der Waals surface area contributed by atoms with Gasteiger partial charge in [-0.1, -0.05) is 30.3 Å². The fraction of sp³-hybridized carbons (Fsp3) is 0.109. The van der Waals surface area contributed by atoms with E-state index in [9.17, 15) is 93.6 Å². The van der Waals surface area contributed by atoms with Crippen LogP contribution in [-0.2, 0) is 4.79 Å². The molecule has 0 aliphatic heterocycles. The lowest BCUT2D eigenvalue weighted by Crippen LogP contribution is -2.26. The molecule has 1 unspecified atom stereocenters. The third-order valence-corrected chi connectivity index (χ3v) is 13.9. The monoisotopic (exact) mass is 1180 g/mol. The van der Waals surface area contributed by atoms with Gasteiger partial charge in [-0.2, -0.15) is 0 Å². The van der Waals surface area contributed by atoms with E-state index in [0.29, 0.717) is 5.70 Å². The lowest BCUT2D eigenvalue weighted by atomic mass is 9.88. The zero-order chi connectivity index (χ0) is 63.4.